The molecule has 1 fully saturated rings. The van der Waals surface area contributed by atoms with Crippen LogP contribution in [0.1, 0.15) is 37.4 Å². The molecule has 0 radical (unpaired) electrons. The van der Waals surface area contributed by atoms with Gasteiger partial charge in [-0.3, -0.25) is 9.80 Å². The summed E-state index contributed by atoms with van der Waals surface area (Å²) in [6.45, 7) is 15.9. The van der Waals surface area contributed by atoms with Crippen LogP contribution in [0.15, 0.2) is 12.1 Å². The van der Waals surface area contributed by atoms with Crippen LogP contribution in [-0.2, 0) is 13.1 Å². The topological polar surface area (TPSA) is 18.5 Å². The highest BCUT2D eigenvalue weighted by molar-refractivity contribution is 7.11. The lowest BCUT2D eigenvalue weighted by molar-refractivity contribution is 0.105. The molecule has 1 aliphatic heterocycles. The van der Waals surface area contributed by atoms with E-state index in [0.717, 1.165) is 13.1 Å². The predicted octanol–water partition coefficient (Wildman–Crippen LogP) is 2.77. The van der Waals surface area contributed by atoms with Crippen molar-refractivity contribution < 1.29 is 0 Å². The van der Waals surface area contributed by atoms with Crippen molar-refractivity contribution >= 4 is 11.3 Å². The minimum absolute atomic E-state index is 0.560. The molecule has 20 heavy (non-hydrogen) atoms. The third-order valence-corrected chi connectivity index (χ3v) is 4.99. The second-order valence-corrected chi connectivity index (χ2v) is 7.56. The smallest absolute Gasteiger partial charge is 0.0329 e. The van der Waals surface area contributed by atoms with Crippen molar-refractivity contribution in [1.82, 2.24) is 15.1 Å². The molecule has 1 saturated heterocycles. The second-order valence-electron chi connectivity index (χ2n) is 6.31. The molecule has 114 valence electrons. The van der Waals surface area contributed by atoms with Gasteiger partial charge in [0.25, 0.3) is 0 Å². The van der Waals surface area contributed by atoms with Gasteiger partial charge in [0.05, 0.1) is 0 Å². The van der Waals surface area contributed by atoms with Crippen LogP contribution in [0.3, 0.4) is 0 Å². The van der Waals surface area contributed by atoms with E-state index in [0.29, 0.717) is 12.1 Å². The van der Waals surface area contributed by atoms with Crippen LogP contribution >= 0.6 is 11.3 Å². The van der Waals surface area contributed by atoms with E-state index in [4.69, 9.17) is 0 Å². The first-order valence-electron chi connectivity index (χ1n) is 7.82. The van der Waals surface area contributed by atoms with Crippen molar-refractivity contribution in [2.75, 3.05) is 26.2 Å². The maximum absolute atomic E-state index is 3.49. The average Bonchev–Trinajstić information content (AvgIpc) is 2.84. The van der Waals surface area contributed by atoms with Crippen molar-refractivity contribution in [3.63, 3.8) is 0 Å². The van der Waals surface area contributed by atoms with E-state index in [1.165, 1.54) is 35.9 Å². The first kappa shape index (κ1) is 16.0. The summed E-state index contributed by atoms with van der Waals surface area (Å²) < 4.78 is 0. The molecule has 1 aromatic heterocycles. The van der Waals surface area contributed by atoms with Gasteiger partial charge >= 0.3 is 0 Å². The number of rotatable bonds is 6. The van der Waals surface area contributed by atoms with Gasteiger partial charge in [-0.2, -0.15) is 0 Å². The fourth-order valence-corrected chi connectivity index (χ4v) is 3.58. The molecule has 1 aliphatic rings. The zero-order valence-electron chi connectivity index (χ0n) is 13.4. The van der Waals surface area contributed by atoms with Gasteiger partial charge in [0.15, 0.2) is 0 Å². The van der Waals surface area contributed by atoms with Crippen LogP contribution in [0.4, 0.5) is 0 Å². The molecule has 1 aromatic rings. The van der Waals surface area contributed by atoms with E-state index >= 15 is 0 Å². The molecular formula is C16H29N3S. The Labute approximate surface area is 128 Å². The Bertz CT molecular complexity index is 392. The summed E-state index contributed by atoms with van der Waals surface area (Å²) in [5.41, 5.74) is 0. The fourth-order valence-electron chi connectivity index (χ4n) is 2.57. The Morgan fingerprint density at radius 2 is 1.70 bits per heavy atom. The lowest BCUT2D eigenvalue weighted by atomic mass is 10.2. The molecule has 0 atom stereocenters. The zero-order valence-corrected chi connectivity index (χ0v) is 14.2. The molecule has 1 N–H and O–H groups in total. The summed E-state index contributed by atoms with van der Waals surface area (Å²) >= 11 is 1.96. The minimum atomic E-state index is 0.560. The van der Waals surface area contributed by atoms with Gasteiger partial charge in [0.1, 0.15) is 0 Å². The summed E-state index contributed by atoms with van der Waals surface area (Å²) in [5, 5.41) is 3.49. The maximum atomic E-state index is 3.49. The number of nitrogens with zero attached hydrogens (tertiary/aromatic N) is 2. The van der Waals surface area contributed by atoms with Gasteiger partial charge in [0, 0.05) is 61.1 Å². The second kappa shape index (κ2) is 7.55. The third kappa shape index (κ3) is 4.85. The van der Waals surface area contributed by atoms with Crippen LogP contribution in [0.5, 0.6) is 0 Å². The van der Waals surface area contributed by atoms with Gasteiger partial charge < -0.3 is 5.32 Å². The highest BCUT2D eigenvalue weighted by atomic mass is 32.1. The maximum Gasteiger partial charge on any atom is 0.0329 e. The molecule has 4 heteroatoms. The Morgan fingerprint density at radius 1 is 1.05 bits per heavy atom. The van der Waals surface area contributed by atoms with Crippen LogP contribution in [0.2, 0.25) is 0 Å². The van der Waals surface area contributed by atoms with E-state index in [9.17, 15) is 0 Å². The Kier molecular flexibility index (Phi) is 6.02. The molecule has 0 bridgehead atoms. The van der Waals surface area contributed by atoms with Gasteiger partial charge in [-0.15, -0.1) is 11.3 Å². The number of hydrogen-bond acceptors (Lipinski definition) is 4. The molecule has 0 spiro atoms. The molecule has 0 unspecified atom stereocenters. The van der Waals surface area contributed by atoms with Crippen molar-refractivity contribution in [3.05, 3.63) is 21.9 Å². The monoisotopic (exact) mass is 295 g/mol. The summed E-state index contributed by atoms with van der Waals surface area (Å²) in [6.07, 6.45) is 0. The Hall–Kier alpha value is -0.420. The van der Waals surface area contributed by atoms with Crippen molar-refractivity contribution in [1.29, 1.82) is 0 Å². The normalized spacial score (nSPS) is 18.3. The van der Waals surface area contributed by atoms with Gasteiger partial charge in [0.2, 0.25) is 0 Å². The number of thiophene rings is 1. The van der Waals surface area contributed by atoms with Crippen LogP contribution < -0.4 is 5.32 Å². The molecule has 0 aliphatic carbocycles. The lowest BCUT2D eigenvalue weighted by Crippen LogP contribution is -2.48. The van der Waals surface area contributed by atoms with Crippen molar-refractivity contribution in [3.8, 4) is 0 Å². The SMILES string of the molecule is CC(C)NCc1ccc(CN2CCN(C(C)C)CC2)s1. The summed E-state index contributed by atoms with van der Waals surface area (Å²) in [5.74, 6) is 0. The zero-order chi connectivity index (χ0) is 14.5. The van der Waals surface area contributed by atoms with Crippen LogP contribution in [-0.4, -0.2) is 48.1 Å². The summed E-state index contributed by atoms with van der Waals surface area (Å²) in [4.78, 5) is 8.12. The van der Waals surface area contributed by atoms with Gasteiger partial charge in [-0.05, 0) is 26.0 Å². The van der Waals surface area contributed by atoms with E-state index in [1.807, 2.05) is 11.3 Å². The Morgan fingerprint density at radius 3 is 2.30 bits per heavy atom. The van der Waals surface area contributed by atoms with Crippen molar-refractivity contribution in [2.24, 2.45) is 0 Å². The summed E-state index contributed by atoms with van der Waals surface area (Å²) in [6, 6.07) is 5.83. The van der Waals surface area contributed by atoms with Gasteiger partial charge in [-0.25, -0.2) is 0 Å². The summed E-state index contributed by atoms with van der Waals surface area (Å²) in [7, 11) is 0. The first-order valence-corrected chi connectivity index (χ1v) is 8.63. The Balaban J connectivity index is 1.77. The van der Waals surface area contributed by atoms with Gasteiger partial charge in [-0.1, -0.05) is 13.8 Å². The fraction of sp³-hybridized carbons (Fsp3) is 0.750. The highest BCUT2D eigenvalue weighted by Gasteiger charge is 2.19. The van der Waals surface area contributed by atoms with E-state index in [-0.39, 0.29) is 0 Å². The number of piperazine rings is 1. The minimum Gasteiger partial charge on any atom is -0.310 e. The molecule has 2 rings (SSSR count). The largest absolute Gasteiger partial charge is 0.310 e. The standard InChI is InChI=1S/C16H29N3S/c1-13(2)17-11-15-5-6-16(20-15)12-18-7-9-19(10-8-18)14(3)4/h5-6,13-14,17H,7-12H2,1-4H3. The average molecular weight is 295 g/mol. The molecule has 0 amide bonds. The molecule has 3 nitrogen and oxygen atoms in total. The molecule has 0 saturated carbocycles. The molecular weight excluding hydrogens is 266 g/mol. The van der Waals surface area contributed by atoms with Crippen molar-refractivity contribution in [2.45, 2.75) is 52.9 Å². The number of nitrogens with one attached hydrogen (secondary N) is 1. The number of hydrogen-bond donors (Lipinski definition) is 1. The molecule has 2 heterocycles. The van der Waals surface area contributed by atoms with E-state index < -0.39 is 0 Å². The highest BCUT2D eigenvalue weighted by Crippen LogP contribution is 2.19. The van der Waals surface area contributed by atoms with Crippen LogP contribution in [0.25, 0.3) is 0 Å². The lowest BCUT2D eigenvalue weighted by Gasteiger charge is -2.36. The van der Waals surface area contributed by atoms with E-state index in [2.05, 4.69) is 54.9 Å². The first-order chi connectivity index (χ1) is 9.54. The quantitative estimate of drug-likeness (QED) is 0.870. The third-order valence-electron chi connectivity index (χ3n) is 3.92. The molecule has 0 aromatic carbocycles. The van der Waals surface area contributed by atoms with E-state index in [1.54, 1.807) is 0 Å². The predicted molar refractivity (Wildman–Crippen MR) is 88.3 cm³/mol. The van der Waals surface area contributed by atoms with Crippen LogP contribution in [0, 0.1) is 0 Å².